The molecule has 0 aliphatic heterocycles. The molecule has 0 rings (SSSR count). The molecule has 0 heterocycles. The fourth-order valence-corrected chi connectivity index (χ4v) is 5.12. The Morgan fingerprint density at radius 1 is 0.633 bits per heavy atom. The number of unbranched alkanes of at least 4 members (excludes halogenated alkanes) is 12. The van der Waals surface area contributed by atoms with Gasteiger partial charge in [-0.05, 0) is 64.2 Å². The Bertz CT molecular complexity index is 996. The van der Waals surface area contributed by atoms with Crippen molar-refractivity contribution in [2.75, 3.05) is 13.2 Å². The Balaban J connectivity index is 4.15. The minimum atomic E-state index is -4.78. The Kier molecular flexibility index (Phi) is 32.6. The SMILES string of the molecule is CCCCCC/C=C\CCCCCCCC(=O)O[C@H](COC(=O)CCC/C=C\C/C=C\C/C=C\C=C\[C@H](O)CCCCC)COP(=O)(O)O. The lowest BCUT2D eigenvalue weighted by atomic mass is 10.1. The van der Waals surface area contributed by atoms with Crippen LogP contribution in [-0.4, -0.2) is 52.3 Å². The number of esters is 2. The Hall–Kier alpha value is -2.29. The van der Waals surface area contributed by atoms with Gasteiger partial charge in [0, 0.05) is 12.8 Å². The largest absolute Gasteiger partial charge is 0.469 e. The predicted octanol–water partition coefficient (Wildman–Crippen LogP) is 9.92. The third-order valence-corrected chi connectivity index (χ3v) is 8.10. The van der Waals surface area contributed by atoms with Crippen LogP contribution in [0.3, 0.4) is 0 Å². The summed E-state index contributed by atoms with van der Waals surface area (Å²) in [7, 11) is -4.78. The molecule has 0 saturated heterocycles. The van der Waals surface area contributed by atoms with Crippen molar-refractivity contribution in [2.24, 2.45) is 0 Å². The standard InChI is InChI=1S/C39H67O9P/c1-3-5-7-8-9-10-11-12-15-19-22-25-29-33-39(42)48-37(35-47-49(43,44)45)34-46-38(41)32-28-24-21-18-16-13-14-17-20-23-27-31-36(40)30-26-6-4-2/h10-11,13-14,18,20-21,23,27,31,36-37,40H,3-9,12,15-17,19,22,24-26,28-30,32-35H2,1-2H3,(H2,43,44,45)/b11-10-,14-13-,21-18-,23-20-,31-27+/t36-,37-/m1/s1. The van der Waals surface area contributed by atoms with E-state index < -0.39 is 32.5 Å². The van der Waals surface area contributed by atoms with Gasteiger partial charge in [-0.1, -0.05) is 132 Å². The zero-order chi connectivity index (χ0) is 36.3. The highest BCUT2D eigenvalue weighted by Crippen LogP contribution is 2.36. The monoisotopic (exact) mass is 710 g/mol. The van der Waals surface area contributed by atoms with Gasteiger partial charge < -0.3 is 24.4 Å². The van der Waals surface area contributed by atoms with Crippen LogP contribution >= 0.6 is 7.82 Å². The molecule has 49 heavy (non-hydrogen) atoms. The van der Waals surface area contributed by atoms with Crippen LogP contribution in [0.1, 0.15) is 149 Å². The first kappa shape index (κ1) is 46.7. The third kappa shape index (κ3) is 36.8. The van der Waals surface area contributed by atoms with E-state index in [0.29, 0.717) is 19.3 Å². The number of rotatable bonds is 33. The maximum absolute atomic E-state index is 12.3. The number of carbonyl (C=O) groups is 2. The molecule has 0 spiro atoms. The maximum atomic E-state index is 12.3. The van der Waals surface area contributed by atoms with Crippen molar-refractivity contribution in [2.45, 2.75) is 161 Å². The fraction of sp³-hybridized carbons (Fsp3) is 0.692. The first-order valence-corrected chi connectivity index (χ1v) is 20.2. The van der Waals surface area contributed by atoms with Crippen molar-refractivity contribution < 1.29 is 43.0 Å². The minimum absolute atomic E-state index is 0.167. The molecular weight excluding hydrogens is 643 g/mol. The van der Waals surface area contributed by atoms with Crippen LogP contribution < -0.4 is 0 Å². The van der Waals surface area contributed by atoms with Gasteiger partial charge in [0.15, 0.2) is 6.10 Å². The summed E-state index contributed by atoms with van der Waals surface area (Å²) < 4.78 is 26.2. The number of carbonyl (C=O) groups excluding carboxylic acids is 2. The molecule has 0 fully saturated rings. The number of ether oxygens (including phenoxy) is 2. The predicted molar refractivity (Wildman–Crippen MR) is 199 cm³/mol. The topological polar surface area (TPSA) is 140 Å². The summed E-state index contributed by atoms with van der Waals surface area (Å²) in [5.41, 5.74) is 0. The summed E-state index contributed by atoms with van der Waals surface area (Å²) in [5.74, 6) is -0.993. The van der Waals surface area contributed by atoms with E-state index in [-0.39, 0.29) is 25.6 Å². The van der Waals surface area contributed by atoms with Gasteiger partial charge in [-0.3, -0.25) is 14.1 Å². The highest BCUT2D eigenvalue weighted by Gasteiger charge is 2.22. The maximum Gasteiger partial charge on any atom is 0.469 e. The minimum Gasteiger partial charge on any atom is -0.462 e. The number of hydrogen-bond acceptors (Lipinski definition) is 7. The molecule has 0 aromatic rings. The molecular formula is C39H67O9P. The van der Waals surface area contributed by atoms with Crippen LogP contribution in [0.5, 0.6) is 0 Å². The molecule has 0 unspecified atom stereocenters. The summed E-state index contributed by atoms with van der Waals surface area (Å²) >= 11 is 0. The first-order chi connectivity index (χ1) is 23.7. The number of aliphatic hydroxyl groups excluding tert-OH is 1. The van der Waals surface area contributed by atoms with E-state index in [4.69, 9.17) is 19.3 Å². The molecule has 0 aliphatic carbocycles. The normalized spacial score (nSPS) is 13.8. The third-order valence-electron chi connectivity index (χ3n) is 7.61. The number of aliphatic hydroxyl groups is 1. The van der Waals surface area contributed by atoms with Crippen LogP contribution in [0, 0.1) is 0 Å². The fourth-order valence-electron chi connectivity index (χ4n) is 4.76. The van der Waals surface area contributed by atoms with Crippen molar-refractivity contribution in [3.8, 4) is 0 Å². The van der Waals surface area contributed by atoms with E-state index in [0.717, 1.165) is 77.0 Å². The molecule has 10 heteroatoms. The van der Waals surface area contributed by atoms with Gasteiger partial charge in [-0.25, -0.2) is 4.57 Å². The lowest BCUT2D eigenvalue weighted by Crippen LogP contribution is -2.29. The average molecular weight is 711 g/mol. The van der Waals surface area contributed by atoms with Gasteiger partial charge in [0.05, 0.1) is 12.7 Å². The quantitative estimate of drug-likeness (QED) is 0.0200. The highest BCUT2D eigenvalue weighted by molar-refractivity contribution is 7.46. The number of phosphoric acid groups is 1. The summed E-state index contributed by atoms with van der Waals surface area (Å²) in [6.07, 6.45) is 38.4. The molecule has 0 aliphatic rings. The lowest BCUT2D eigenvalue weighted by Gasteiger charge is -2.18. The van der Waals surface area contributed by atoms with Crippen molar-refractivity contribution in [1.82, 2.24) is 0 Å². The summed E-state index contributed by atoms with van der Waals surface area (Å²) in [5, 5.41) is 9.85. The molecule has 0 aromatic carbocycles. The lowest BCUT2D eigenvalue weighted by molar-refractivity contribution is -0.161. The Morgan fingerprint density at radius 3 is 1.88 bits per heavy atom. The van der Waals surface area contributed by atoms with E-state index in [1.807, 2.05) is 36.5 Å². The van der Waals surface area contributed by atoms with Crippen molar-refractivity contribution in [1.29, 1.82) is 0 Å². The van der Waals surface area contributed by atoms with Crippen molar-refractivity contribution in [3.63, 3.8) is 0 Å². The molecule has 0 bridgehead atoms. The Morgan fingerprint density at radius 2 is 1.18 bits per heavy atom. The molecule has 2 atom stereocenters. The van der Waals surface area contributed by atoms with Crippen molar-refractivity contribution >= 4 is 19.8 Å². The summed E-state index contributed by atoms with van der Waals surface area (Å²) in [4.78, 5) is 42.6. The van der Waals surface area contributed by atoms with E-state index in [1.165, 1.54) is 25.7 Å². The highest BCUT2D eigenvalue weighted by atomic mass is 31.2. The Labute approximate surface area is 297 Å². The molecule has 0 radical (unpaired) electrons. The molecule has 0 amide bonds. The molecule has 3 N–H and O–H groups in total. The van der Waals surface area contributed by atoms with E-state index in [1.54, 1.807) is 0 Å². The van der Waals surface area contributed by atoms with Crippen LogP contribution in [0.2, 0.25) is 0 Å². The molecule has 282 valence electrons. The average Bonchev–Trinajstić information content (AvgIpc) is 3.06. The molecule has 0 saturated carbocycles. The van der Waals surface area contributed by atoms with Gasteiger partial charge in [-0.15, -0.1) is 0 Å². The second kappa shape index (κ2) is 34.2. The molecule has 0 aromatic heterocycles. The first-order valence-electron chi connectivity index (χ1n) is 18.7. The van der Waals surface area contributed by atoms with Crippen LogP contribution in [0.15, 0.2) is 60.8 Å². The summed E-state index contributed by atoms with van der Waals surface area (Å²) in [6.45, 7) is 3.46. The van der Waals surface area contributed by atoms with E-state index in [9.17, 15) is 19.3 Å². The van der Waals surface area contributed by atoms with Gasteiger partial charge in [0.2, 0.25) is 0 Å². The van der Waals surface area contributed by atoms with E-state index >= 15 is 0 Å². The van der Waals surface area contributed by atoms with Crippen LogP contribution in [0.4, 0.5) is 0 Å². The number of phosphoric ester groups is 1. The van der Waals surface area contributed by atoms with Gasteiger partial charge in [-0.2, -0.15) is 0 Å². The van der Waals surface area contributed by atoms with Crippen LogP contribution in [-0.2, 0) is 28.2 Å². The van der Waals surface area contributed by atoms with Gasteiger partial charge >= 0.3 is 19.8 Å². The summed E-state index contributed by atoms with van der Waals surface area (Å²) in [6, 6.07) is 0. The van der Waals surface area contributed by atoms with Gasteiger partial charge in [0.25, 0.3) is 0 Å². The zero-order valence-corrected chi connectivity index (χ0v) is 31.3. The van der Waals surface area contributed by atoms with E-state index in [2.05, 4.69) is 42.7 Å². The number of hydrogen-bond donors (Lipinski definition) is 3. The van der Waals surface area contributed by atoms with Crippen LogP contribution in [0.25, 0.3) is 0 Å². The van der Waals surface area contributed by atoms with Gasteiger partial charge in [0.1, 0.15) is 6.61 Å². The number of allylic oxidation sites excluding steroid dienone is 9. The molecule has 9 nitrogen and oxygen atoms in total. The van der Waals surface area contributed by atoms with Crippen molar-refractivity contribution in [3.05, 3.63) is 60.8 Å². The second-order valence-corrected chi connectivity index (χ2v) is 13.6. The second-order valence-electron chi connectivity index (χ2n) is 12.4. The smallest absolute Gasteiger partial charge is 0.462 e. The zero-order valence-electron chi connectivity index (χ0n) is 30.4.